The van der Waals surface area contributed by atoms with Gasteiger partial charge in [-0.15, -0.1) is 11.3 Å². The molecule has 3 rings (SSSR count). The molecular weight excluding hydrogens is 272 g/mol. The lowest BCUT2D eigenvalue weighted by molar-refractivity contribution is 0.0955. The molecule has 1 aliphatic rings. The average Bonchev–Trinajstić information content (AvgIpc) is 2.81. The molecule has 0 bridgehead atoms. The fourth-order valence-electron chi connectivity index (χ4n) is 2.38. The summed E-state index contributed by atoms with van der Waals surface area (Å²) in [6.45, 7) is 3.15. The number of rotatable bonds is 3. The lowest BCUT2D eigenvalue weighted by Crippen LogP contribution is -2.25. The summed E-state index contributed by atoms with van der Waals surface area (Å²) >= 11 is 1.43. The Hall–Kier alpha value is -2.01. The van der Waals surface area contributed by atoms with Crippen molar-refractivity contribution in [1.82, 2.24) is 5.32 Å². The number of hydrogen-bond donors (Lipinski definition) is 2. The molecule has 4 nitrogen and oxygen atoms in total. The first kappa shape index (κ1) is 13.0. The molecule has 1 amide bonds. The highest BCUT2D eigenvalue weighted by atomic mass is 32.1. The highest BCUT2D eigenvalue weighted by Crippen LogP contribution is 2.45. The summed E-state index contributed by atoms with van der Waals surface area (Å²) in [5, 5.41) is 3.46. The van der Waals surface area contributed by atoms with Gasteiger partial charge in [0, 0.05) is 17.7 Å². The summed E-state index contributed by atoms with van der Waals surface area (Å²) in [5.74, 6) is 0.709. The molecular formula is C15H16N2O2S. The van der Waals surface area contributed by atoms with E-state index in [4.69, 9.17) is 10.5 Å². The van der Waals surface area contributed by atoms with Gasteiger partial charge in [-0.1, -0.05) is 25.1 Å². The van der Waals surface area contributed by atoms with Crippen LogP contribution >= 0.6 is 11.3 Å². The van der Waals surface area contributed by atoms with Crippen molar-refractivity contribution in [2.45, 2.75) is 20.0 Å². The molecule has 104 valence electrons. The third-order valence-electron chi connectivity index (χ3n) is 3.29. The number of thiophene rings is 1. The fraction of sp³-hybridized carbons (Fsp3) is 0.267. The Morgan fingerprint density at radius 2 is 2.25 bits per heavy atom. The van der Waals surface area contributed by atoms with Crippen molar-refractivity contribution in [3.63, 3.8) is 0 Å². The summed E-state index contributed by atoms with van der Waals surface area (Å²) in [5.41, 5.74) is 8.53. The zero-order valence-corrected chi connectivity index (χ0v) is 12.0. The number of carbonyl (C=O) groups is 1. The van der Waals surface area contributed by atoms with Crippen molar-refractivity contribution < 1.29 is 9.53 Å². The number of anilines is 1. The van der Waals surface area contributed by atoms with Crippen molar-refractivity contribution >= 4 is 22.2 Å². The van der Waals surface area contributed by atoms with Gasteiger partial charge in [0.05, 0.1) is 15.4 Å². The van der Waals surface area contributed by atoms with E-state index in [2.05, 4.69) is 5.32 Å². The smallest absolute Gasteiger partial charge is 0.254 e. The second-order valence-electron chi connectivity index (χ2n) is 4.68. The Bertz CT molecular complexity index is 664. The third-order valence-corrected chi connectivity index (χ3v) is 4.28. The van der Waals surface area contributed by atoms with Gasteiger partial charge < -0.3 is 15.8 Å². The molecule has 0 saturated heterocycles. The first-order valence-electron chi connectivity index (χ1n) is 6.64. The second kappa shape index (κ2) is 5.17. The standard InChI is InChI=1S/C15H16N2O2S/c1-2-7-17-15(18)13-12-9-5-3-4-6-10(9)19-8-11(12)20-14(13)16/h3-6H,2,7-8,16H2,1H3,(H,17,18). The van der Waals surface area contributed by atoms with E-state index in [0.29, 0.717) is 23.7 Å². The van der Waals surface area contributed by atoms with Crippen molar-refractivity contribution in [3.05, 3.63) is 34.7 Å². The molecule has 0 radical (unpaired) electrons. The second-order valence-corrected chi connectivity index (χ2v) is 5.82. The Kier molecular flexibility index (Phi) is 3.36. The van der Waals surface area contributed by atoms with E-state index < -0.39 is 0 Å². The normalized spacial score (nSPS) is 12.2. The van der Waals surface area contributed by atoms with Crippen LogP contribution in [0.4, 0.5) is 5.00 Å². The maximum Gasteiger partial charge on any atom is 0.254 e. The Balaban J connectivity index is 2.10. The predicted molar refractivity (Wildman–Crippen MR) is 81.1 cm³/mol. The minimum Gasteiger partial charge on any atom is -0.487 e. The van der Waals surface area contributed by atoms with E-state index in [1.54, 1.807) is 0 Å². The van der Waals surface area contributed by atoms with Gasteiger partial charge in [0.25, 0.3) is 5.91 Å². The van der Waals surface area contributed by atoms with Gasteiger partial charge in [-0.05, 0) is 12.5 Å². The maximum absolute atomic E-state index is 12.3. The fourth-order valence-corrected chi connectivity index (χ4v) is 3.37. The molecule has 0 atom stereocenters. The number of carbonyl (C=O) groups excluding carboxylic acids is 1. The van der Waals surface area contributed by atoms with Gasteiger partial charge in [-0.25, -0.2) is 0 Å². The largest absolute Gasteiger partial charge is 0.487 e. The topological polar surface area (TPSA) is 64.4 Å². The van der Waals surface area contributed by atoms with Crippen LogP contribution in [0.5, 0.6) is 5.75 Å². The summed E-state index contributed by atoms with van der Waals surface area (Å²) in [6.07, 6.45) is 0.900. The Morgan fingerprint density at radius 3 is 3.05 bits per heavy atom. The lowest BCUT2D eigenvalue weighted by Gasteiger charge is -2.18. The first-order valence-corrected chi connectivity index (χ1v) is 7.45. The number of hydrogen-bond acceptors (Lipinski definition) is 4. The number of nitrogens with one attached hydrogen (secondary N) is 1. The average molecular weight is 288 g/mol. The number of nitrogens with two attached hydrogens (primary N) is 1. The summed E-state index contributed by atoms with van der Waals surface area (Å²) < 4.78 is 5.70. The number of ether oxygens (including phenoxy) is 1. The van der Waals surface area contributed by atoms with E-state index in [-0.39, 0.29) is 5.91 Å². The Morgan fingerprint density at radius 1 is 1.45 bits per heavy atom. The van der Waals surface area contributed by atoms with E-state index in [0.717, 1.165) is 28.2 Å². The number of para-hydroxylation sites is 1. The molecule has 1 aromatic carbocycles. The van der Waals surface area contributed by atoms with Crippen molar-refractivity contribution in [2.75, 3.05) is 12.3 Å². The van der Waals surface area contributed by atoms with Crippen LogP contribution in [0.2, 0.25) is 0 Å². The molecule has 0 saturated carbocycles. The van der Waals surface area contributed by atoms with Crippen LogP contribution in [0.15, 0.2) is 24.3 Å². The SMILES string of the molecule is CCCNC(=O)c1c(N)sc2c1-c1ccccc1OC2. The van der Waals surface area contributed by atoms with Crippen molar-refractivity contribution in [1.29, 1.82) is 0 Å². The lowest BCUT2D eigenvalue weighted by atomic mass is 9.98. The molecule has 0 aliphatic carbocycles. The molecule has 2 aromatic rings. The van der Waals surface area contributed by atoms with Gasteiger partial charge in [0.15, 0.2) is 0 Å². The van der Waals surface area contributed by atoms with Gasteiger partial charge in [0.2, 0.25) is 0 Å². The quantitative estimate of drug-likeness (QED) is 0.912. The van der Waals surface area contributed by atoms with E-state index >= 15 is 0 Å². The molecule has 5 heteroatoms. The van der Waals surface area contributed by atoms with Crippen LogP contribution in [-0.4, -0.2) is 12.5 Å². The molecule has 3 N–H and O–H groups in total. The monoisotopic (exact) mass is 288 g/mol. The number of nitrogen functional groups attached to an aromatic ring is 1. The van der Waals surface area contributed by atoms with Gasteiger partial charge in [-0.3, -0.25) is 4.79 Å². The van der Waals surface area contributed by atoms with E-state index in [9.17, 15) is 4.79 Å². The third kappa shape index (κ3) is 2.04. The number of amides is 1. The van der Waals surface area contributed by atoms with Gasteiger partial charge in [0.1, 0.15) is 12.4 Å². The minimum absolute atomic E-state index is 0.0986. The highest BCUT2D eigenvalue weighted by Gasteiger charge is 2.28. The van der Waals surface area contributed by atoms with E-state index in [1.807, 2.05) is 31.2 Å². The van der Waals surface area contributed by atoms with Crippen molar-refractivity contribution in [2.24, 2.45) is 0 Å². The molecule has 1 aliphatic heterocycles. The van der Waals surface area contributed by atoms with Gasteiger partial charge in [-0.2, -0.15) is 0 Å². The van der Waals surface area contributed by atoms with Gasteiger partial charge >= 0.3 is 0 Å². The Labute approximate surface area is 121 Å². The first-order chi connectivity index (χ1) is 9.72. The molecule has 20 heavy (non-hydrogen) atoms. The van der Waals surface area contributed by atoms with Crippen LogP contribution in [0.25, 0.3) is 11.1 Å². The molecule has 0 unspecified atom stereocenters. The molecule has 0 fully saturated rings. The number of benzene rings is 1. The zero-order valence-electron chi connectivity index (χ0n) is 11.2. The summed E-state index contributed by atoms with van der Waals surface area (Å²) in [7, 11) is 0. The van der Waals surface area contributed by atoms with Crippen LogP contribution < -0.4 is 15.8 Å². The highest BCUT2D eigenvalue weighted by molar-refractivity contribution is 7.17. The minimum atomic E-state index is -0.0986. The van der Waals surface area contributed by atoms with Crippen LogP contribution in [0.3, 0.4) is 0 Å². The molecule has 2 heterocycles. The molecule has 0 spiro atoms. The summed E-state index contributed by atoms with van der Waals surface area (Å²) in [4.78, 5) is 13.4. The number of fused-ring (bicyclic) bond motifs is 3. The van der Waals surface area contributed by atoms with Crippen LogP contribution in [0.1, 0.15) is 28.6 Å². The van der Waals surface area contributed by atoms with Crippen LogP contribution in [0, 0.1) is 0 Å². The predicted octanol–water partition coefficient (Wildman–Crippen LogP) is 3.03. The van der Waals surface area contributed by atoms with Crippen LogP contribution in [-0.2, 0) is 6.61 Å². The van der Waals surface area contributed by atoms with E-state index in [1.165, 1.54) is 11.3 Å². The maximum atomic E-state index is 12.3. The molecule has 1 aromatic heterocycles. The van der Waals surface area contributed by atoms with Crippen molar-refractivity contribution in [3.8, 4) is 16.9 Å². The summed E-state index contributed by atoms with van der Waals surface area (Å²) in [6, 6.07) is 7.76. The zero-order chi connectivity index (χ0) is 14.1.